The van der Waals surface area contributed by atoms with Crippen molar-refractivity contribution in [2.75, 3.05) is 41.0 Å². The molecular formula is C44H56N4O6. The van der Waals surface area contributed by atoms with E-state index in [1.165, 1.54) is 16.5 Å². The predicted octanol–water partition coefficient (Wildman–Crippen LogP) is 7.39. The van der Waals surface area contributed by atoms with Crippen LogP contribution >= 0.6 is 0 Å². The zero-order valence-electron chi connectivity index (χ0n) is 32.7. The minimum atomic E-state index is -1.10. The number of piperidine rings is 1. The molecule has 1 unspecified atom stereocenters. The van der Waals surface area contributed by atoms with Gasteiger partial charge in [0.25, 0.3) is 0 Å². The van der Waals surface area contributed by atoms with Gasteiger partial charge in [0, 0.05) is 92.7 Å². The molecule has 0 bridgehead atoms. The van der Waals surface area contributed by atoms with Gasteiger partial charge in [0.2, 0.25) is 12.3 Å². The summed E-state index contributed by atoms with van der Waals surface area (Å²) in [6.07, 6.45) is 6.90. The topological polar surface area (TPSA) is 90.6 Å². The number of hydrogen-bond acceptors (Lipinski definition) is 7. The van der Waals surface area contributed by atoms with E-state index in [9.17, 15) is 5.11 Å². The molecule has 3 atom stereocenters. The van der Waals surface area contributed by atoms with E-state index >= 15 is 4.79 Å². The summed E-state index contributed by atoms with van der Waals surface area (Å²) in [5.74, 6) is 1.24. The van der Waals surface area contributed by atoms with Crippen molar-refractivity contribution in [3.8, 4) is 11.5 Å². The fourth-order valence-electron chi connectivity index (χ4n) is 8.24. The van der Waals surface area contributed by atoms with E-state index in [1.807, 2.05) is 43.9 Å². The number of hydrogen-bond donors (Lipinski definition) is 1. The highest BCUT2D eigenvalue weighted by Gasteiger charge is 2.44. The van der Waals surface area contributed by atoms with Crippen molar-refractivity contribution in [3.05, 3.63) is 95.8 Å². The minimum absolute atomic E-state index is 0.0383. The van der Waals surface area contributed by atoms with E-state index in [4.69, 9.17) is 18.9 Å². The molecule has 1 aliphatic carbocycles. The van der Waals surface area contributed by atoms with Gasteiger partial charge in [-0.3, -0.25) is 9.69 Å². The highest BCUT2D eigenvalue weighted by atomic mass is 16.6. The maximum atomic E-state index is 15.2. The van der Waals surface area contributed by atoms with Gasteiger partial charge in [-0.1, -0.05) is 30.3 Å². The maximum absolute atomic E-state index is 15.2. The lowest BCUT2D eigenvalue weighted by molar-refractivity contribution is -0.245. The van der Waals surface area contributed by atoms with E-state index in [-0.39, 0.29) is 23.8 Å². The van der Waals surface area contributed by atoms with Crippen LogP contribution in [0.1, 0.15) is 69.1 Å². The summed E-state index contributed by atoms with van der Waals surface area (Å²) in [6, 6.07) is 23.3. The summed E-state index contributed by atoms with van der Waals surface area (Å²) in [4.78, 5) is 19.3. The fraction of sp³-hybridized carbons (Fsp3) is 0.477. The monoisotopic (exact) mass is 736 g/mol. The molecule has 5 aromatic rings. The van der Waals surface area contributed by atoms with Crippen LogP contribution in [0.4, 0.5) is 0 Å². The predicted molar refractivity (Wildman–Crippen MR) is 212 cm³/mol. The van der Waals surface area contributed by atoms with Crippen molar-refractivity contribution in [2.45, 2.75) is 90.1 Å². The Hall–Kier alpha value is -4.35. The lowest BCUT2D eigenvalue weighted by atomic mass is 9.78. The number of carbonyl (C=O) groups is 1. The zero-order valence-corrected chi connectivity index (χ0v) is 32.7. The van der Waals surface area contributed by atoms with E-state index in [0.717, 1.165) is 65.8 Å². The third-order valence-electron chi connectivity index (χ3n) is 11.0. The van der Waals surface area contributed by atoms with Crippen LogP contribution in [0.5, 0.6) is 11.5 Å². The van der Waals surface area contributed by atoms with Crippen LogP contribution in [0.15, 0.2) is 79.1 Å². The molecule has 1 saturated carbocycles. The number of amides is 1. The normalized spacial score (nSPS) is 18.6. The van der Waals surface area contributed by atoms with Gasteiger partial charge in [-0.2, -0.15) is 0 Å². The first kappa shape index (κ1) is 37.9. The molecule has 2 aromatic heterocycles. The molecule has 3 aromatic carbocycles. The van der Waals surface area contributed by atoms with Gasteiger partial charge in [-0.05, 0) is 99.4 Å². The van der Waals surface area contributed by atoms with Crippen molar-refractivity contribution in [3.63, 3.8) is 0 Å². The number of fused-ring (bicyclic) bond motifs is 2. The molecule has 3 heterocycles. The second-order valence-electron chi connectivity index (χ2n) is 15.9. The molecule has 10 nitrogen and oxygen atoms in total. The number of methoxy groups -OCH3 is 3. The number of ether oxygens (including phenoxy) is 4. The first-order valence-electron chi connectivity index (χ1n) is 19.3. The number of nitrogens with zero attached hydrogens (tertiary/aromatic N) is 4. The molecule has 54 heavy (non-hydrogen) atoms. The molecule has 2 fully saturated rings. The number of rotatable bonds is 15. The van der Waals surface area contributed by atoms with Gasteiger partial charge < -0.3 is 38.1 Å². The second kappa shape index (κ2) is 16.2. The zero-order chi connectivity index (χ0) is 38.0. The van der Waals surface area contributed by atoms with Gasteiger partial charge in [-0.15, -0.1) is 0 Å². The number of aromatic nitrogens is 2. The summed E-state index contributed by atoms with van der Waals surface area (Å²) >= 11 is 0. The van der Waals surface area contributed by atoms with Gasteiger partial charge >= 0.3 is 0 Å². The highest BCUT2D eigenvalue weighted by Crippen LogP contribution is 2.41. The lowest BCUT2D eigenvalue weighted by Crippen LogP contribution is -2.53. The van der Waals surface area contributed by atoms with Crippen molar-refractivity contribution in [1.82, 2.24) is 18.9 Å². The first-order chi connectivity index (χ1) is 26.1. The molecule has 0 radical (unpaired) electrons. The Kier molecular flexibility index (Phi) is 11.4. The van der Waals surface area contributed by atoms with E-state index in [2.05, 4.69) is 75.0 Å². The minimum Gasteiger partial charge on any atom is -0.497 e. The summed E-state index contributed by atoms with van der Waals surface area (Å²) in [5, 5.41) is 13.6. The largest absolute Gasteiger partial charge is 0.497 e. The quantitative estimate of drug-likeness (QED) is 0.0886. The molecule has 0 spiro atoms. The molecule has 1 N–H and O–H groups in total. The maximum Gasteiger partial charge on any atom is 0.228 e. The Morgan fingerprint density at radius 2 is 1.63 bits per heavy atom. The van der Waals surface area contributed by atoms with Crippen molar-refractivity contribution in [2.24, 2.45) is 5.92 Å². The van der Waals surface area contributed by atoms with Crippen LogP contribution in [0.3, 0.4) is 0 Å². The van der Waals surface area contributed by atoms with Crippen molar-refractivity contribution < 1.29 is 28.8 Å². The smallest absolute Gasteiger partial charge is 0.228 e. The summed E-state index contributed by atoms with van der Waals surface area (Å²) in [7, 11) is 5.07. The van der Waals surface area contributed by atoms with Crippen LogP contribution < -0.4 is 9.47 Å². The Morgan fingerprint density at radius 3 is 2.33 bits per heavy atom. The second-order valence-corrected chi connectivity index (χ2v) is 15.9. The van der Waals surface area contributed by atoms with Gasteiger partial charge in [0.15, 0.2) is 0 Å². The Balaban J connectivity index is 1.22. The van der Waals surface area contributed by atoms with E-state index in [1.54, 1.807) is 21.3 Å². The molecule has 1 aliphatic heterocycles. The first-order valence-corrected chi connectivity index (χ1v) is 19.3. The third kappa shape index (κ3) is 8.32. The van der Waals surface area contributed by atoms with Crippen LogP contribution in [0, 0.1) is 5.92 Å². The summed E-state index contributed by atoms with van der Waals surface area (Å²) in [5.41, 5.74) is 5.16. The SMILES string of the molecule is COCCCn1cc(CN(C(=O)[C@H]2CN(C(O)OC(C)(C)C)CC[C@@H]2c2cccc3c2ccn3Cc2cc(OC)cc(OC)c2)C2CC2)c2ccccc21. The number of aryl methyl sites for hydroxylation is 1. The number of benzene rings is 3. The van der Waals surface area contributed by atoms with Crippen LogP contribution in [0.2, 0.25) is 0 Å². The third-order valence-corrected chi connectivity index (χ3v) is 11.0. The number of aliphatic hydroxyl groups excluding tert-OH is 1. The van der Waals surface area contributed by atoms with Crippen LogP contribution in [0.25, 0.3) is 21.8 Å². The fourth-order valence-corrected chi connectivity index (χ4v) is 8.24. The Morgan fingerprint density at radius 1 is 0.907 bits per heavy atom. The molecule has 2 aliphatic rings. The summed E-state index contributed by atoms with van der Waals surface area (Å²) < 4.78 is 27.0. The van der Waals surface area contributed by atoms with Gasteiger partial charge in [0.1, 0.15) is 11.5 Å². The summed E-state index contributed by atoms with van der Waals surface area (Å²) in [6.45, 7) is 9.60. The average molecular weight is 737 g/mol. The highest BCUT2D eigenvalue weighted by molar-refractivity contribution is 5.88. The van der Waals surface area contributed by atoms with Crippen molar-refractivity contribution in [1.29, 1.82) is 0 Å². The molecule has 7 rings (SSSR count). The van der Waals surface area contributed by atoms with Gasteiger partial charge in [0.05, 0.1) is 25.7 Å². The van der Waals surface area contributed by atoms with Crippen LogP contribution in [-0.4, -0.2) is 89.0 Å². The number of likely N-dealkylation sites (tertiary alicyclic amines) is 1. The Bertz CT molecular complexity index is 2040. The molecule has 1 amide bonds. The van der Waals surface area contributed by atoms with Crippen LogP contribution in [-0.2, 0) is 33.9 Å². The molecular weight excluding hydrogens is 681 g/mol. The van der Waals surface area contributed by atoms with E-state index < -0.39 is 12.0 Å². The molecule has 10 heteroatoms. The number of carbonyl (C=O) groups excluding carboxylic acids is 1. The number of para-hydroxylation sites is 1. The standard InChI is InChI=1S/C44H56N4O6/c1-44(2,3)54-43(50)47-21-17-37(36-12-9-14-41-38(36)18-20-46(41)26-30-23-33(52-5)25-34(24-30)53-6)39(29-47)42(49)48(32-15-16-32)28-31-27-45(19-10-22-51-4)40-13-8-7-11-35(31)40/h7-9,11-14,18,20,23-25,27,32,37,39,43,50H,10,15-17,19,21-22,26,28-29H2,1-6H3/t37-,39+,43?/m1/s1. The molecule has 1 saturated heterocycles. The average Bonchev–Trinajstić information content (AvgIpc) is 3.84. The Labute approximate surface area is 319 Å². The number of aliphatic hydroxyl groups is 1. The van der Waals surface area contributed by atoms with Gasteiger partial charge in [-0.25, -0.2) is 0 Å². The van der Waals surface area contributed by atoms with Crippen molar-refractivity contribution >= 4 is 27.7 Å². The lowest BCUT2D eigenvalue weighted by Gasteiger charge is -2.43. The molecule has 288 valence electrons. The van der Waals surface area contributed by atoms with E-state index in [0.29, 0.717) is 32.8 Å².